The largest absolute Gasteiger partial charge is 0.273 e. The van der Waals surface area contributed by atoms with Gasteiger partial charge in [-0.05, 0) is 26.2 Å². The van der Waals surface area contributed by atoms with Gasteiger partial charge in [0.2, 0.25) is 0 Å². The lowest BCUT2D eigenvalue weighted by Gasteiger charge is -2.34. The summed E-state index contributed by atoms with van der Waals surface area (Å²) >= 11 is 0. The van der Waals surface area contributed by atoms with Crippen molar-refractivity contribution in [1.82, 2.24) is 9.78 Å². The number of aryl methyl sites for hydroxylation is 1. The highest BCUT2D eigenvalue weighted by Gasteiger charge is 2.39. The van der Waals surface area contributed by atoms with Gasteiger partial charge in [-0.2, -0.15) is 10.4 Å². The van der Waals surface area contributed by atoms with Crippen LogP contribution in [0.25, 0.3) is 0 Å². The molecule has 1 saturated carbocycles. The zero-order valence-corrected chi connectivity index (χ0v) is 7.82. The molecule has 0 atom stereocenters. The lowest BCUT2D eigenvalue weighted by Crippen LogP contribution is -2.31. The predicted molar refractivity (Wildman–Crippen MR) is 49.0 cm³/mol. The summed E-state index contributed by atoms with van der Waals surface area (Å²) in [6.45, 7) is 2.93. The molecule has 0 N–H and O–H groups in total. The molecule has 0 aliphatic heterocycles. The normalized spacial score (nSPS) is 19.1. The van der Waals surface area contributed by atoms with E-state index in [-0.39, 0.29) is 5.41 Å². The van der Waals surface area contributed by atoms with Gasteiger partial charge >= 0.3 is 0 Å². The Balaban J connectivity index is 2.29. The molecular formula is C10H13N3. The number of aromatic nitrogens is 2. The highest BCUT2D eigenvalue weighted by atomic mass is 15.3. The molecule has 68 valence electrons. The molecule has 1 aromatic heterocycles. The number of nitriles is 1. The summed E-state index contributed by atoms with van der Waals surface area (Å²) in [5, 5.41) is 13.3. The third-order valence-electron chi connectivity index (χ3n) is 2.93. The van der Waals surface area contributed by atoms with E-state index >= 15 is 0 Å². The van der Waals surface area contributed by atoms with Crippen LogP contribution in [0.15, 0.2) is 12.4 Å². The maximum absolute atomic E-state index is 9.08. The van der Waals surface area contributed by atoms with Crippen LogP contribution in [0.4, 0.5) is 0 Å². The van der Waals surface area contributed by atoms with Crippen molar-refractivity contribution in [2.24, 2.45) is 0 Å². The smallest absolute Gasteiger partial charge is 0.0852 e. The zero-order valence-electron chi connectivity index (χ0n) is 7.82. The summed E-state index contributed by atoms with van der Waals surface area (Å²) in [6, 6.07) is 2.42. The van der Waals surface area contributed by atoms with Gasteiger partial charge < -0.3 is 0 Å². The van der Waals surface area contributed by atoms with Crippen LogP contribution in [0.2, 0.25) is 0 Å². The molecule has 1 fully saturated rings. The molecule has 1 aliphatic rings. The van der Waals surface area contributed by atoms with E-state index in [1.807, 2.05) is 17.1 Å². The zero-order chi connectivity index (χ0) is 9.31. The van der Waals surface area contributed by atoms with Crippen LogP contribution in [0.5, 0.6) is 0 Å². The first-order valence-corrected chi connectivity index (χ1v) is 4.75. The molecule has 0 radical (unpaired) electrons. The Morgan fingerprint density at radius 2 is 2.46 bits per heavy atom. The van der Waals surface area contributed by atoms with Crippen molar-refractivity contribution in [2.45, 2.75) is 38.1 Å². The van der Waals surface area contributed by atoms with Crippen molar-refractivity contribution in [3.63, 3.8) is 0 Å². The number of rotatable bonds is 2. The van der Waals surface area contributed by atoms with Gasteiger partial charge in [0.25, 0.3) is 0 Å². The Morgan fingerprint density at radius 1 is 1.69 bits per heavy atom. The standard InChI is InChI=1S/C10H13N3/c1-2-13-7-9(6-12-13)10(8-11)4-3-5-10/h6-7H,2-5H2,1H3. The maximum atomic E-state index is 9.08. The average molecular weight is 175 g/mol. The monoisotopic (exact) mass is 175 g/mol. The fourth-order valence-electron chi connectivity index (χ4n) is 1.78. The second kappa shape index (κ2) is 2.88. The molecule has 0 spiro atoms. The van der Waals surface area contributed by atoms with Gasteiger partial charge in [0.1, 0.15) is 0 Å². The van der Waals surface area contributed by atoms with E-state index in [0.717, 1.165) is 24.9 Å². The fraction of sp³-hybridized carbons (Fsp3) is 0.600. The summed E-state index contributed by atoms with van der Waals surface area (Å²) in [4.78, 5) is 0. The molecule has 0 bridgehead atoms. The van der Waals surface area contributed by atoms with Crippen LogP contribution < -0.4 is 0 Å². The van der Waals surface area contributed by atoms with Crippen molar-refractivity contribution < 1.29 is 0 Å². The van der Waals surface area contributed by atoms with E-state index in [1.54, 1.807) is 0 Å². The molecule has 1 aliphatic carbocycles. The Bertz CT molecular complexity index is 341. The van der Waals surface area contributed by atoms with Crippen LogP contribution in [-0.4, -0.2) is 9.78 Å². The molecule has 3 heteroatoms. The molecule has 0 amide bonds. The molecule has 2 rings (SSSR count). The number of hydrogen-bond acceptors (Lipinski definition) is 2. The van der Waals surface area contributed by atoms with Crippen LogP contribution in [0.1, 0.15) is 31.7 Å². The molecule has 3 nitrogen and oxygen atoms in total. The van der Waals surface area contributed by atoms with Gasteiger partial charge in [0.05, 0.1) is 17.7 Å². The lowest BCUT2D eigenvalue weighted by molar-refractivity contribution is 0.324. The van der Waals surface area contributed by atoms with E-state index in [9.17, 15) is 0 Å². The van der Waals surface area contributed by atoms with E-state index in [1.165, 1.54) is 6.42 Å². The van der Waals surface area contributed by atoms with Crippen LogP contribution in [-0.2, 0) is 12.0 Å². The van der Waals surface area contributed by atoms with E-state index in [4.69, 9.17) is 5.26 Å². The Hall–Kier alpha value is -1.30. The highest BCUT2D eigenvalue weighted by Crippen LogP contribution is 2.42. The van der Waals surface area contributed by atoms with Crippen LogP contribution >= 0.6 is 0 Å². The summed E-state index contributed by atoms with van der Waals surface area (Å²) in [6.07, 6.45) is 7.01. The topological polar surface area (TPSA) is 41.6 Å². The first-order chi connectivity index (χ1) is 6.30. The van der Waals surface area contributed by atoms with Gasteiger partial charge in [0.15, 0.2) is 0 Å². The Kier molecular flexibility index (Phi) is 1.84. The third-order valence-corrected chi connectivity index (χ3v) is 2.93. The first-order valence-electron chi connectivity index (χ1n) is 4.75. The van der Waals surface area contributed by atoms with E-state index in [0.29, 0.717) is 0 Å². The van der Waals surface area contributed by atoms with Crippen LogP contribution in [0.3, 0.4) is 0 Å². The Morgan fingerprint density at radius 3 is 2.85 bits per heavy atom. The molecule has 0 saturated heterocycles. The minimum absolute atomic E-state index is 0.201. The summed E-state index contributed by atoms with van der Waals surface area (Å²) in [7, 11) is 0. The summed E-state index contributed by atoms with van der Waals surface area (Å²) in [5.41, 5.74) is 0.899. The SMILES string of the molecule is CCn1cc(C2(C#N)CCC2)cn1. The minimum Gasteiger partial charge on any atom is -0.273 e. The van der Waals surface area contributed by atoms with E-state index < -0.39 is 0 Å². The average Bonchev–Trinajstić information content (AvgIpc) is 2.52. The van der Waals surface area contributed by atoms with Gasteiger partial charge in [0, 0.05) is 18.3 Å². The van der Waals surface area contributed by atoms with Crippen molar-refractivity contribution in [3.8, 4) is 6.07 Å². The quantitative estimate of drug-likeness (QED) is 0.688. The van der Waals surface area contributed by atoms with Gasteiger partial charge in [-0.15, -0.1) is 0 Å². The molecule has 0 aromatic carbocycles. The molecule has 13 heavy (non-hydrogen) atoms. The molecule has 0 unspecified atom stereocenters. The molecule has 1 heterocycles. The second-order valence-electron chi connectivity index (χ2n) is 3.63. The molecular weight excluding hydrogens is 162 g/mol. The van der Waals surface area contributed by atoms with Crippen molar-refractivity contribution in [3.05, 3.63) is 18.0 Å². The van der Waals surface area contributed by atoms with Gasteiger partial charge in [-0.25, -0.2) is 0 Å². The fourth-order valence-corrected chi connectivity index (χ4v) is 1.78. The number of nitrogens with zero attached hydrogens (tertiary/aromatic N) is 3. The molecule has 1 aromatic rings. The van der Waals surface area contributed by atoms with Crippen LogP contribution in [0, 0.1) is 11.3 Å². The minimum atomic E-state index is -0.201. The predicted octanol–water partition coefficient (Wildman–Crippen LogP) is 1.85. The van der Waals surface area contributed by atoms with Gasteiger partial charge in [-0.3, -0.25) is 4.68 Å². The summed E-state index contributed by atoms with van der Waals surface area (Å²) < 4.78 is 1.88. The van der Waals surface area contributed by atoms with Crippen molar-refractivity contribution in [1.29, 1.82) is 5.26 Å². The maximum Gasteiger partial charge on any atom is 0.0852 e. The third kappa shape index (κ3) is 1.14. The van der Waals surface area contributed by atoms with Crippen molar-refractivity contribution >= 4 is 0 Å². The highest BCUT2D eigenvalue weighted by molar-refractivity contribution is 5.31. The first kappa shape index (κ1) is 8.31. The van der Waals surface area contributed by atoms with E-state index in [2.05, 4.69) is 18.1 Å². The summed E-state index contributed by atoms with van der Waals surface area (Å²) in [5.74, 6) is 0. The second-order valence-corrected chi connectivity index (χ2v) is 3.63. The number of hydrogen-bond donors (Lipinski definition) is 0. The van der Waals surface area contributed by atoms with Gasteiger partial charge in [-0.1, -0.05) is 0 Å². The Labute approximate surface area is 78.0 Å². The van der Waals surface area contributed by atoms with Crippen molar-refractivity contribution in [2.75, 3.05) is 0 Å². The lowest BCUT2D eigenvalue weighted by atomic mass is 9.66.